The summed E-state index contributed by atoms with van der Waals surface area (Å²) in [7, 11) is 0. The molecule has 0 bridgehead atoms. The van der Waals surface area contributed by atoms with Crippen LogP contribution in [0.3, 0.4) is 0 Å². The van der Waals surface area contributed by atoms with E-state index in [4.69, 9.17) is 5.73 Å². The molecule has 0 spiro atoms. The Labute approximate surface area is 125 Å². The van der Waals surface area contributed by atoms with Crippen LogP contribution in [0, 0.1) is 10.1 Å². The minimum Gasteiger partial charge on any atom is -0.383 e. The largest absolute Gasteiger partial charge is 0.383 e. The summed E-state index contributed by atoms with van der Waals surface area (Å²) in [4.78, 5) is 18.6. The molecule has 3 rings (SSSR count). The second kappa shape index (κ2) is 5.06. The van der Waals surface area contributed by atoms with Crippen molar-refractivity contribution in [3.8, 4) is 11.3 Å². The van der Waals surface area contributed by atoms with E-state index in [2.05, 4.69) is 15.1 Å². The molecule has 0 radical (unpaired) electrons. The highest BCUT2D eigenvalue weighted by Crippen LogP contribution is 2.32. The number of hydrogen-bond donors (Lipinski definition) is 1. The predicted molar refractivity (Wildman–Crippen MR) is 82.2 cm³/mol. The minimum atomic E-state index is -0.438. The van der Waals surface area contributed by atoms with Gasteiger partial charge in [-0.05, 0) is 26.0 Å². The van der Waals surface area contributed by atoms with Gasteiger partial charge in [-0.1, -0.05) is 0 Å². The van der Waals surface area contributed by atoms with Gasteiger partial charge in [0.1, 0.15) is 17.8 Å². The van der Waals surface area contributed by atoms with E-state index in [1.54, 1.807) is 16.8 Å². The molecule has 2 N–H and O–H groups in total. The van der Waals surface area contributed by atoms with Gasteiger partial charge >= 0.3 is 0 Å². The second-order valence-electron chi connectivity index (χ2n) is 5.15. The second-order valence-corrected chi connectivity index (χ2v) is 5.15. The molecular weight excluding hydrogens is 284 g/mol. The fourth-order valence-electron chi connectivity index (χ4n) is 2.30. The van der Waals surface area contributed by atoms with Crippen LogP contribution in [-0.2, 0) is 0 Å². The number of rotatable bonds is 3. The fraction of sp³-hybridized carbons (Fsp3) is 0.214. The summed E-state index contributed by atoms with van der Waals surface area (Å²) < 4.78 is 1.77. The third-order valence-electron chi connectivity index (χ3n) is 3.36. The first-order chi connectivity index (χ1) is 10.5. The van der Waals surface area contributed by atoms with E-state index in [1.807, 2.05) is 13.8 Å². The van der Waals surface area contributed by atoms with Crippen LogP contribution in [-0.4, -0.2) is 24.7 Å². The number of anilines is 1. The number of nitro groups is 1. The lowest BCUT2D eigenvalue weighted by Crippen LogP contribution is -2.04. The lowest BCUT2D eigenvalue weighted by atomic mass is 10.1. The zero-order valence-corrected chi connectivity index (χ0v) is 12.1. The average Bonchev–Trinajstić information content (AvgIpc) is 2.88. The smallest absolute Gasteiger partial charge is 0.269 e. The Morgan fingerprint density at radius 2 is 1.91 bits per heavy atom. The molecule has 0 fully saturated rings. The van der Waals surface area contributed by atoms with Crippen LogP contribution in [0.1, 0.15) is 19.9 Å². The summed E-state index contributed by atoms with van der Waals surface area (Å²) >= 11 is 0. The van der Waals surface area contributed by atoms with Crippen molar-refractivity contribution in [2.24, 2.45) is 0 Å². The van der Waals surface area contributed by atoms with Crippen LogP contribution >= 0.6 is 0 Å². The van der Waals surface area contributed by atoms with Crippen molar-refractivity contribution >= 4 is 22.5 Å². The summed E-state index contributed by atoms with van der Waals surface area (Å²) in [6.07, 6.45) is 1.40. The number of hydrogen-bond acceptors (Lipinski definition) is 6. The first-order valence-corrected chi connectivity index (χ1v) is 6.72. The standard InChI is InChI=1S/C14H14N6O2/c1-8(2)19-14-11(13(15)16-7-17-14)12(18-19)9-3-5-10(6-4-9)20(21)22/h3-8H,1-2H3,(H2,15,16,17). The van der Waals surface area contributed by atoms with Crippen molar-refractivity contribution in [1.29, 1.82) is 0 Å². The van der Waals surface area contributed by atoms with Gasteiger partial charge in [0.05, 0.1) is 10.3 Å². The summed E-state index contributed by atoms with van der Waals surface area (Å²) in [6.45, 7) is 3.98. The normalized spacial score (nSPS) is 11.2. The Hall–Kier alpha value is -3.03. The molecule has 2 aromatic heterocycles. The summed E-state index contributed by atoms with van der Waals surface area (Å²) in [5.74, 6) is 0.338. The number of aromatic nitrogens is 4. The van der Waals surface area contributed by atoms with Gasteiger partial charge in [0.2, 0.25) is 0 Å². The SMILES string of the molecule is CC(C)n1nc(-c2ccc([N+](=O)[O-])cc2)c2c(N)ncnc21. The molecule has 0 aliphatic rings. The third kappa shape index (κ3) is 2.14. The molecule has 1 aromatic carbocycles. The molecule has 0 saturated heterocycles. The average molecular weight is 298 g/mol. The van der Waals surface area contributed by atoms with Gasteiger partial charge in [-0.2, -0.15) is 5.10 Å². The zero-order chi connectivity index (χ0) is 15.9. The maximum absolute atomic E-state index is 10.8. The molecule has 0 saturated carbocycles. The van der Waals surface area contributed by atoms with Gasteiger partial charge in [-0.3, -0.25) is 10.1 Å². The number of nitrogens with two attached hydrogens (primary N) is 1. The van der Waals surface area contributed by atoms with Gasteiger partial charge in [-0.15, -0.1) is 0 Å². The van der Waals surface area contributed by atoms with E-state index in [0.29, 0.717) is 22.5 Å². The molecule has 0 unspecified atom stereocenters. The topological polar surface area (TPSA) is 113 Å². The first kappa shape index (κ1) is 13.9. The lowest BCUT2D eigenvalue weighted by molar-refractivity contribution is -0.384. The maximum atomic E-state index is 10.8. The molecule has 22 heavy (non-hydrogen) atoms. The van der Waals surface area contributed by atoms with Crippen LogP contribution < -0.4 is 5.73 Å². The number of benzene rings is 1. The van der Waals surface area contributed by atoms with Gasteiger partial charge in [-0.25, -0.2) is 14.6 Å². The van der Waals surface area contributed by atoms with E-state index in [1.165, 1.54) is 18.5 Å². The number of fused-ring (bicyclic) bond motifs is 1. The van der Waals surface area contributed by atoms with Crippen LogP contribution in [0.25, 0.3) is 22.3 Å². The van der Waals surface area contributed by atoms with Crippen LogP contribution in [0.4, 0.5) is 11.5 Å². The Morgan fingerprint density at radius 3 is 2.50 bits per heavy atom. The molecule has 112 valence electrons. The van der Waals surface area contributed by atoms with Crippen molar-refractivity contribution in [3.63, 3.8) is 0 Å². The molecule has 3 aromatic rings. The molecular formula is C14H14N6O2. The zero-order valence-electron chi connectivity index (χ0n) is 12.1. The van der Waals surface area contributed by atoms with E-state index < -0.39 is 4.92 Å². The Morgan fingerprint density at radius 1 is 1.23 bits per heavy atom. The molecule has 0 aliphatic heterocycles. The van der Waals surface area contributed by atoms with E-state index in [-0.39, 0.29) is 11.7 Å². The Balaban J connectivity index is 2.24. The molecule has 2 heterocycles. The minimum absolute atomic E-state index is 0.0283. The number of non-ortho nitro benzene ring substituents is 1. The highest BCUT2D eigenvalue weighted by molar-refractivity contribution is 5.98. The van der Waals surface area contributed by atoms with Crippen LogP contribution in [0.2, 0.25) is 0 Å². The van der Waals surface area contributed by atoms with Gasteiger partial charge in [0.25, 0.3) is 5.69 Å². The quantitative estimate of drug-likeness (QED) is 0.587. The molecule has 0 amide bonds. The van der Waals surface area contributed by atoms with Gasteiger partial charge in [0.15, 0.2) is 5.65 Å². The third-order valence-corrected chi connectivity index (χ3v) is 3.36. The Bertz CT molecular complexity index is 854. The van der Waals surface area contributed by atoms with E-state index in [9.17, 15) is 10.1 Å². The number of nitrogen functional groups attached to an aromatic ring is 1. The fourth-order valence-corrected chi connectivity index (χ4v) is 2.30. The van der Waals surface area contributed by atoms with Crippen molar-refractivity contribution in [2.75, 3.05) is 5.73 Å². The Kier molecular flexibility index (Phi) is 3.21. The predicted octanol–water partition coefficient (Wildman–Crippen LogP) is 2.56. The molecule has 8 nitrogen and oxygen atoms in total. The molecule has 0 atom stereocenters. The van der Waals surface area contributed by atoms with Gasteiger partial charge < -0.3 is 5.73 Å². The van der Waals surface area contributed by atoms with Crippen molar-refractivity contribution in [3.05, 3.63) is 40.7 Å². The van der Waals surface area contributed by atoms with Crippen LogP contribution in [0.5, 0.6) is 0 Å². The first-order valence-electron chi connectivity index (χ1n) is 6.72. The van der Waals surface area contributed by atoms with E-state index in [0.717, 1.165) is 5.56 Å². The molecule has 8 heteroatoms. The number of nitro benzene ring substituents is 1. The van der Waals surface area contributed by atoms with E-state index >= 15 is 0 Å². The lowest BCUT2D eigenvalue weighted by Gasteiger charge is -2.05. The molecule has 0 aliphatic carbocycles. The van der Waals surface area contributed by atoms with Crippen molar-refractivity contribution in [1.82, 2.24) is 19.7 Å². The maximum Gasteiger partial charge on any atom is 0.269 e. The van der Waals surface area contributed by atoms with Crippen molar-refractivity contribution < 1.29 is 4.92 Å². The highest BCUT2D eigenvalue weighted by atomic mass is 16.6. The summed E-state index contributed by atoms with van der Waals surface area (Å²) in [5.41, 5.74) is 8.01. The monoisotopic (exact) mass is 298 g/mol. The summed E-state index contributed by atoms with van der Waals surface area (Å²) in [5, 5.41) is 16.0. The summed E-state index contributed by atoms with van der Waals surface area (Å²) in [6, 6.07) is 6.28. The van der Waals surface area contributed by atoms with Gasteiger partial charge in [0, 0.05) is 23.7 Å². The van der Waals surface area contributed by atoms with Crippen molar-refractivity contribution in [2.45, 2.75) is 19.9 Å². The van der Waals surface area contributed by atoms with Crippen LogP contribution in [0.15, 0.2) is 30.6 Å². The number of nitrogens with zero attached hydrogens (tertiary/aromatic N) is 5. The highest BCUT2D eigenvalue weighted by Gasteiger charge is 2.18.